The van der Waals surface area contributed by atoms with Crippen molar-refractivity contribution in [2.75, 3.05) is 4.31 Å². The molecule has 0 bridgehead atoms. The van der Waals surface area contributed by atoms with Gasteiger partial charge in [-0.3, -0.25) is 9.00 Å². The number of ether oxygens (including phenoxy) is 1. The molecule has 3 aromatic rings. The molecule has 170 valence electrons. The van der Waals surface area contributed by atoms with Gasteiger partial charge in [-0.25, -0.2) is 18.9 Å². The maximum absolute atomic E-state index is 13.2. The van der Waals surface area contributed by atoms with Crippen molar-refractivity contribution in [3.63, 3.8) is 0 Å². The number of pyridine rings is 2. The molecule has 0 spiro atoms. The van der Waals surface area contributed by atoms with Gasteiger partial charge in [-0.2, -0.15) is 0 Å². The zero-order chi connectivity index (χ0) is 23.7. The molecule has 4 heterocycles. The molecular formula is C21H17N4O7S-. The first-order valence-corrected chi connectivity index (χ1v) is 11.0. The second-order valence-electron chi connectivity index (χ2n) is 7.83. The fourth-order valence-corrected chi connectivity index (χ4v) is 4.82. The predicted octanol–water partition coefficient (Wildman–Crippen LogP) is 0.759. The van der Waals surface area contributed by atoms with Crippen molar-refractivity contribution in [1.82, 2.24) is 9.55 Å². The topological polar surface area (TPSA) is 168 Å². The molecule has 0 saturated heterocycles. The first-order valence-electron chi connectivity index (χ1n) is 9.95. The Morgan fingerprint density at radius 3 is 2.79 bits per heavy atom. The number of nitrogens with zero attached hydrogens (tertiary/aromatic N) is 3. The van der Waals surface area contributed by atoms with E-state index in [9.17, 15) is 28.3 Å². The first kappa shape index (κ1) is 21.2. The average Bonchev–Trinajstić information content (AvgIpc) is 3.12. The number of aromatic nitrogens is 2. The summed E-state index contributed by atoms with van der Waals surface area (Å²) in [6.45, 7) is 1.60. The minimum atomic E-state index is -2.90. The lowest BCUT2D eigenvalue weighted by Crippen LogP contribution is -2.44. The quantitative estimate of drug-likeness (QED) is 0.327. The van der Waals surface area contributed by atoms with Crippen LogP contribution >= 0.6 is 0 Å². The van der Waals surface area contributed by atoms with Crippen LogP contribution in [0.25, 0.3) is 22.3 Å². The number of urea groups is 1. The fourth-order valence-electron chi connectivity index (χ4n) is 4.39. The third kappa shape index (κ3) is 2.98. The normalized spacial score (nSPS) is 19.4. The number of carbonyl (C=O) groups is 2. The third-order valence-electron chi connectivity index (χ3n) is 6.07. The van der Waals surface area contributed by atoms with Crippen molar-refractivity contribution in [3.05, 3.63) is 57.4 Å². The van der Waals surface area contributed by atoms with Gasteiger partial charge in [-0.05, 0) is 36.8 Å². The van der Waals surface area contributed by atoms with E-state index in [1.165, 1.54) is 22.8 Å². The second-order valence-corrected chi connectivity index (χ2v) is 8.63. The number of anilines is 1. The lowest BCUT2D eigenvalue weighted by atomic mass is 9.86. The van der Waals surface area contributed by atoms with Crippen LogP contribution < -0.4 is 15.6 Å². The maximum atomic E-state index is 13.2. The minimum Gasteiger partial charge on any atom is -0.755 e. The van der Waals surface area contributed by atoms with Gasteiger partial charge >= 0.3 is 12.0 Å². The van der Waals surface area contributed by atoms with Crippen molar-refractivity contribution in [2.24, 2.45) is 5.73 Å². The second kappa shape index (κ2) is 7.20. The average molecular weight is 469 g/mol. The number of esters is 1. The molecule has 0 saturated carbocycles. The Morgan fingerprint density at radius 1 is 1.36 bits per heavy atom. The largest absolute Gasteiger partial charge is 0.755 e. The lowest BCUT2D eigenvalue weighted by Gasteiger charge is -2.31. The molecule has 2 atom stereocenters. The summed E-state index contributed by atoms with van der Waals surface area (Å²) in [5, 5.41) is 11.5. The fraction of sp³-hybridized carbons (Fsp3) is 0.238. The number of cyclic esters (lactones) is 1. The molecule has 5 rings (SSSR count). The van der Waals surface area contributed by atoms with E-state index < -0.39 is 28.9 Å². The van der Waals surface area contributed by atoms with Crippen LogP contribution in [0.4, 0.5) is 10.5 Å². The molecule has 2 amide bonds. The van der Waals surface area contributed by atoms with Crippen LogP contribution in [0.3, 0.4) is 0 Å². The summed E-state index contributed by atoms with van der Waals surface area (Å²) in [6.07, 6.45) is 0.0416. The van der Waals surface area contributed by atoms with Crippen molar-refractivity contribution in [1.29, 1.82) is 0 Å². The van der Waals surface area contributed by atoms with Crippen molar-refractivity contribution >= 4 is 39.9 Å². The number of nitrogens with two attached hydrogens (primary N) is 1. The molecule has 0 aliphatic carbocycles. The molecule has 2 aliphatic heterocycles. The van der Waals surface area contributed by atoms with Gasteiger partial charge in [0, 0.05) is 16.5 Å². The number of aliphatic hydroxyl groups is 1. The Bertz CT molecular complexity index is 1450. The molecule has 1 unspecified atom stereocenters. The Hall–Kier alpha value is -3.61. The number of hydrogen-bond donors (Lipinski definition) is 2. The van der Waals surface area contributed by atoms with Gasteiger partial charge in [0.1, 0.15) is 6.61 Å². The molecule has 1 aromatic carbocycles. The van der Waals surface area contributed by atoms with Gasteiger partial charge in [0.05, 0.1) is 46.0 Å². The van der Waals surface area contributed by atoms with E-state index in [2.05, 4.69) is 4.98 Å². The van der Waals surface area contributed by atoms with E-state index in [1.807, 2.05) is 0 Å². The van der Waals surface area contributed by atoms with Gasteiger partial charge in [-0.15, -0.1) is 0 Å². The number of primary amides is 1. The van der Waals surface area contributed by atoms with E-state index >= 15 is 0 Å². The minimum absolute atomic E-state index is 0.0416. The van der Waals surface area contributed by atoms with Gasteiger partial charge in [0.2, 0.25) is 0 Å². The molecule has 0 radical (unpaired) electrons. The standard InChI is InChI=1S/C21H18N4O7S/c1-2-21(29)14-7-16-17-11(8-24(16)18(26)13(14)9-32-19(21)27)5-10-6-12(3-4-15(10)23-17)25(20(22)28)33(30)31/h3-7,29H,2,8-9H2,1H3,(H2,22,28)(H,30,31)/p-1/t21-/m0/s1. The van der Waals surface area contributed by atoms with Gasteiger partial charge in [0.15, 0.2) is 5.60 Å². The molecular weight excluding hydrogens is 452 g/mol. The third-order valence-corrected chi connectivity index (χ3v) is 6.76. The number of fused-ring (bicyclic) bond motifs is 5. The molecule has 0 fully saturated rings. The molecule has 2 aromatic heterocycles. The monoisotopic (exact) mass is 469 g/mol. The highest BCUT2D eigenvalue weighted by atomic mass is 32.2. The van der Waals surface area contributed by atoms with Gasteiger partial charge < -0.3 is 24.7 Å². The van der Waals surface area contributed by atoms with Crippen LogP contribution in [-0.2, 0) is 39.6 Å². The molecule has 2 aliphatic rings. The number of rotatable bonds is 3. The summed E-state index contributed by atoms with van der Waals surface area (Å²) in [4.78, 5) is 41.6. The number of amides is 2. The van der Waals surface area contributed by atoms with E-state index in [4.69, 9.17) is 10.5 Å². The number of carbonyl (C=O) groups excluding carboxylic acids is 2. The van der Waals surface area contributed by atoms with E-state index in [-0.39, 0.29) is 41.9 Å². The van der Waals surface area contributed by atoms with Crippen LogP contribution in [0.5, 0.6) is 0 Å². The Labute approximate surface area is 188 Å². The zero-order valence-corrected chi connectivity index (χ0v) is 18.0. The Morgan fingerprint density at radius 2 is 2.12 bits per heavy atom. The van der Waals surface area contributed by atoms with Crippen molar-refractivity contribution in [2.45, 2.75) is 32.1 Å². The number of hydrogen-bond acceptors (Lipinski definition) is 8. The highest BCUT2D eigenvalue weighted by Gasteiger charge is 2.45. The SMILES string of the molecule is CC[C@@]1(O)C(=O)OCc2c1cc1n(c2=O)Cc2cc3cc(N(C(N)=O)S(=O)[O-])ccc3nc2-1. The highest BCUT2D eigenvalue weighted by Crippen LogP contribution is 2.38. The predicted molar refractivity (Wildman–Crippen MR) is 116 cm³/mol. The van der Waals surface area contributed by atoms with Crippen LogP contribution in [0, 0.1) is 0 Å². The zero-order valence-electron chi connectivity index (χ0n) is 17.2. The number of benzene rings is 1. The maximum Gasteiger partial charge on any atom is 0.343 e. The lowest BCUT2D eigenvalue weighted by molar-refractivity contribution is -0.172. The smallest absolute Gasteiger partial charge is 0.343 e. The van der Waals surface area contributed by atoms with Crippen molar-refractivity contribution < 1.29 is 28.2 Å². The van der Waals surface area contributed by atoms with E-state index in [0.29, 0.717) is 32.2 Å². The van der Waals surface area contributed by atoms with Crippen molar-refractivity contribution in [3.8, 4) is 11.4 Å². The Balaban J connectivity index is 1.68. The molecule has 11 nitrogen and oxygen atoms in total. The summed E-state index contributed by atoms with van der Waals surface area (Å²) >= 11 is -2.90. The molecule has 3 N–H and O–H groups in total. The van der Waals surface area contributed by atoms with Crippen LogP contribution in [0.2, 0.25) is 0 Å². The van der Waals surface area contributed by atoms with Crippen LogP contribution in [-0.4, -0.2) is 35.4 Å². The summed E-state index contributed by atoms with van der Waals surface area (Å²) in [5.74, 6) is -0.797. The summed E-state index contributed by atoms with van der Waals surface area (Å²) in [7, 11) is 0. The molecule has 33 heavy (non-hydrogen) atoms. The Kier molecular flexibility index (Phi) is 4.64. The van der Waals surface area contributed by atoms with Crippen LogP contribution in [0.1, 0.15) is 30.0 Å². The van der Waals surface area contributed by atoms with Gasteiger partial charge in [-0.1, -0.05) is 6.92 Å². The molecule has 12 heteroatoms. The highest BCUT2D eigenvalue weighted by molar-refractivity contribution is 7.81. The summed E-state index contributed by atoms with van der Waals surface area (Å²) < 4.78 is 29.8. The first-order chi connectivity index (χ1) is 15.7. The van der Waals surface area contributed by atoms with Gasteiger partial charge in [0.25, 0.3) is 5.56 Å². The van der Waals surface area contributed by atoms with E-state index in [1.54, 1.807) is 19.1 Å². The van der Waals surface area contributed by atoms with Crippen LogP contribution in [0.15, 0.2) is 35.1 Å². The summed E-state index contributed by atoms with van der Waals surface area (Å²) in [6, 6.07) is 6.58. The summed E-state index contributed by atoms with van der Waals surface area (Å²) in [5.41, 5.74) is 5.50. The van der Waals surface area contributed by atoms with E-state index in [0.717, 1.165) is 0 Å².